The predicted octanol–water partition coefficient (Wildman–Crippen LogP) is 3.29. The number of aryl methyl sites for hydroxylation is 1. The summed E-state index contributed by atoms with van der Waals surface area (Å²) in [5.41, 5.74) is -3.15. The van der Waals surface area contributed by atoms with Gasteiger partial charge in [0, 0.05) is 18.2 Å². The lowest BCUT2D eigenvalue weighted by Gasteiger charge is -2.35. The Hall–Kier alpha value is -4.05. The van der Waals surface area contributed by atoms with Crippen LogP contribution in [0.4, 0.5) is 4.39 Å². The van der Waals surface area contributed by atoms with E-state index in [1.807, 2.05) is 0 Å². The summed E-state index contributed by atoms with van der Waals surface area (Å²) in [5.74, 6) is -4.35. The number of halogens is 1. The molecule has 1 aliphatic rings. The molecule has 0 amide bonds. The zero-order chi connectivity index (χ0) is 26.1. The lowest BCUT2D eigenvalue weighted by Crippen LogP contribution is -2.53. The van der Waals surface area contributed by atoms with Crippen LogP contribution in [0.1, 0.15) is 52.9 Å². The molecule has 188 valence electrons. The van der Waals surface area contributed by atoms with Gasteiger partial charge in [-0.1, -0.05) is 43.3 Å². The molecular weight excluding hydrogens is 471 g/mol. The van der Waals surface area contributed by atoms with Gasteiger partial charge in [-0.25, -0.2) is 18.8 Å². The Labute approximate surface area is 205 Å². The number of aromatic amines is 1. The second-order valence-corrected chi connectivity index (χ2v) is 8.65. The lowest BCUT2D eigenvalue weighted by molar-refractivity contribution is -0.189. The van der Waals surface area contributed by atoms with Crippen molar-refractivity contribution in [2.45, 2.75) is 51.0 Å². The SMILES string of the molecule is CCC1(F)OC(n2c(C)cc(=O)[nH]c2=O)C(C)(OC(=O)c2ccccc2)C1OC(=O)c1ccccc1. The first kappa shape index (κ1) is 25.1. The van der Waals surface area contributed by atoms with Gasteiger partial charge in [-0.05, 0) is 38.1 Å². The van der Waals surface area contributed by atoms with Crippen molar-refractivity contribution in [3.63, 3.8) is 0 Å². The fourth-order valence-corrected chi connectivity index (χ4v) is 4.30. The molecule has 1 N–H and O–H groups in total. The summed E-state index contributed by atoms with van der Waals surface area (Å²) >= 11 is 0. The molecule has 1 aromatic heterocycles. The molecule has 4 atom stereocenters. The van der Waals surface area contributed by atoms with E-state index in [0.29, 0.717) is 0 Å². The van der Waals surface area contributed by atoms with Crippen LogP contribution < -0.4 is 11.2 Å². The first-order valence-corrected chi connectivity index (χ1v) is 11.3. The molecule has 9 nitrogen and oxygen atoms in total. The van der Waals surface area contributed by atoms with Gasteiger partial charge < -0.3 is 14.2 Å². The van der Waals surface area contributed by atoms with E-state index < -0.39 is 47.0 Å². The highest BCUT2D eigenvalue weighted by molar-refractivity contribution is 5.90. The molecule has 1 fully saturated rings. The third-order valence-electron chi connectivity index (χ3n) is 6.15. The van der Waals surface area contributed by atoms with Crippen molar-refractivity contribution < 1.29 is 28.2 Å². The number of nitrogens with one attached hydrogen (secondary N) is 1. The van der Waals surface area contributed by atoms with Gasteiger partial charge in [0.2, 0.25) is 6.10 Å². The maximum atomic E-state index is 16.3. The largest absolute Gasteiger partial charge is 0.448 e. The molecule has 4 unspecified atom stereocenters. The molecule has 0 aliphatic carbocycles. The second-order valence-electron chi connectivity index (χ2n) is 8.65. The molecule has 0 bridgehead atoms. The fourth-order valence-electron chi connectivity index (χ4n) is 4.30. The number of rotatable bonds is 6. The number of esters is 2. The quantitative estimate of drug-likeness (QED) is 0.521. The summed E-state index contributed by atoms with van der Waals surface area (Å²) in [7, 11) is 0. The predicted molar refractivity (Wildman–Crippen MR) is 126 cm³/mol. The van der Waals surface area contributed by atoms with Crippen molar-refractivity contribution in [3.8, 4) is 0 Å². The minimum Gasteiger partial charge on any atom is -0.448 e. The highest BCUT2D eigenvalue weighted by atomic mass is 19.2. The zero-order valence-electron chi connectivity index (χ0n) is 19.9. The van der Waals surface area contributed by atoms with Crippen LogP contribution in [0.2, 0.25) is 0 Å². The number of nitrogens with zero attached hydrogens (tertiary/aromatic N) is 1. The number of ether oxygens (including phenoxy) is 3. The zero-order valence-corrected chi connectivity index (χ0v) is 19.9. The molecule has 0 saturated carbocycles. The molecule has 2 aromatic carbocycles. The smallest absolute Gasteiger partial charge is 0.338 e. The topological polar surface area (TPSA) is 117 Å². The fraction of sp³-hybridized carbons (Fsp3) is 0.308. The molecule has 10 heteroatoms. The normalized spacial score (nSPS) is 25.3. The maximum absolute atomic E-state index is 16.3. The van der Waals surface area contributed by atoms with E-state index in [-0.39, 0.29) is 23.2 Å². The third kappa shape index (κ3) is 4.47. The second kappa shape index (κ2) is 9.54. The van der Waals surface area contributed by atoms with E-state index >= 15 is 4.39 Å². The molecular formula is C26H25FN2O7. The van der Waals surface area contributed by atoms with Crippen molar-refractivity contribution in [3.05, 3.63) is 104 Å². The van der Waals surface area contributed by atoms with E-state index in [0.717, 1.165) is 10.6 Å². The van der Waals surface area contributed by atoms with Crippen molar-refractivity contribution >= 4 is 11.9 Å². The molecule has 0 spiro atoms. The van der Waals surface area contributed by atoms with E-state index in [4.69, 9.17) is 14.2 Å². The highest BCUT2D eigenvalue weighted by Gasteiger charge is 2.68. The van der Waals surface area contributed by atoms with Crippen molar-refractivity contribution in [2.75, 3.05) is 0 Å². The standard InChI is InChI=1S/C26H25FN2O7/c1-4-26(27)22(34-20(31)17-11-7-5-8-12-17)25(3,35-21(32)18-13-9-6-10-14-18)23(36-26)29-16(2)15-19(30)28-24(29)33/h5-15,22-23H,4H2,1-3H3,(H,28,30,33). The third-order valence-corrected chi connectivity index (χ3v) is 6.15. The highest BCUT2D eigenvalue weighted by Crippen LogP contribution is 2.50. The molecule has 36 heavy (non-hydrogen) atoms. The lowest BCUT2D eigenvalue weighted by atomic mass is 9.92. The van der Waals surface area contributed by atoms with E-state index in [9.17, 15) is 19.2 Å². The van der Waals surface area contributed by atoms with E-state index in [1.54, 1.807) is 36.4 Å². The van der Waals surface area contributed by atoms with Gasteiger partial charge in [-0.3, -0.25) is 14.3 Å². The van der Waals surface area contributed by atoms with Gasteiger partial charge >= 0.3 is 17.6 Å². The van der Waals surface area contributed by atoms with E-state index in [1.165, 1.54) is 45.0 Å². The van der Waals surface area contributed by atoms with Crippen LogP contribution in [0.5, 0.6) is 0 Å². The Morgan fingerprint density at radius 1 is 1.03 bits per heavy atom. The van der Waals surface area contributed by atoms with Crippen LogP contribution in [0.3, 0.4) is 0 Å². The monoisotopic (exact) mass is 496 g/mol. The number of carbonyl (C=O) groups is 2. The van der Waals surface area contributed by atoms with Gasteiger partial charge in [0.1, 0.15) is 0 Å². The number of carbonyl (C=O) groups excluding carboxylic acids is 2. The van der Waals surface area contributed by atoms with E-state index in [2.05, 4.69) is 4.98 Å². The van der Waals surface area contributed by atoms with Gasteiger partial charge in [0.15, 0.2) is 11.8 Å². The van der Waals surface area contributed by atoms with Crippen LogP contribution in [-0.4, -0.2) is 39.0 Å². The Morgan fingerprint density at radius 2 is 1.58 bits per heavy atom. The van der Waals surface area contributed by atoms with Crippen LogP contribution >= 0.6 is 0 Å². The average molecular weight is 496 g/mol. The van der Waals surface area contributed by atoms with Gasteiger partial charge in [0.25, 0.3) is 11.4 Å². The summed E-state index contributed by atoms with van der Waals surface area (Å²) in [6, 6.07) is 17.0. The maximum Gasteiger partial charge on any atom is 0.338 e. The number of alkyl halides is 1. The van der Waals surface area contributed by atoms with Gasteiger partial charge in [-0.2, -0.15) is 0 Å². The summed E-state index contributed by atoms with van der Waals surface area (Å²) in [4.78, 5) is 52.8. The Kier molecular flexibility index (Phi) is 6.64. The Morgan fingerprint density at radius 3 is 2.11 bits per heavy atom. The van der Waals surface area contributed by atoms with Gasteiger partial charge in [-0.15, -0.1) is 0 Å². The summed E-state index contributed by atoms with van der Waals surface area (Å²) < 4.78 is 34.4. The summed E-state index contributed by atoms with van der Waals surface area (Å²) in [5, 5.41) is 0. The van der Waals surface area contributed by atoms with Crippen molar-refractivity contribution in [1.82, 2.24) is 9.55 Å². The molecule has 2 heterocycles. The number of hydrogen-bond acceptors (Lipinski definition) is 7. The van der Waals surface area contributed by atoms with Crippen LogP contribution in [0.25, 0.3) is 0 Å². The minimum absolute atomic E-state index is 0.129. The van der Waals surface area contributed by atoms with Crippen LogP contribution in [0.15, 0.2) is 76.3 Å². The number of hydrogen-bond donors (Lipinski definition) is 1. The Balaban J connectivity index is 1.85. The number of H-pyrrole nitrogens is 1. The van der Waals surface area contributed by atoms with Crippen molar-refractivity contribution in [1.29, 1.82) is 0 Å². The summed E-state index contributed by atoms with van der Waals surface area (Å²) in [6.07, 6.45) is -3.64. The molecule has 0 radical (unpaired) electrons. The first-order valence-electron chi connectivity index (χ1n) is 11.3. The average Bonchev–Trinajstić information content (AvgIpc) is 3.06. The van der Waals surface area contributed by atoms with Crippen LogP contribution in [0, 0.1) is 6.92 Å². The number of benzene rings is 2. The first-order chi connectivity index (χ1) is 17.1. The molecule has 4 rings (SSSR count). The number of aromatic nitrogens is 2. The molecule has 1 saturated heterocycles. The minimum atomic E-state index is -2.64. The van der Waals surface area contributed by atoms with Crippen molar-refractivity contribution in [2.24, 2.45) is 0 Å². The van der Waals surface area contributed by atoms with Gasteiger partial charge in [0.05, 0.1) is 11.1 Å². The molecule has 1 aliphatic heterocycles. The Bertz CT molecular complexity index is 1390. The van der Waals surface area contributed by atoms with Crippen LogP contribution in [-0.2, 0) is 14.2 Å². The summed E-state index contributed by atoms with van der Waals surface area (Å²) in [6.45, 7) is 4.25. The molecule has 3 aromatic rings.